The summed E-state index contributed by atoms with van der Waals surface area (Å²) in [7, 11) is 0. The van der Waals surface area contributed by atoms with E-state index in [-0.39, 0.29) is 18.2 Å². The summed E-state index contributed by atoms with van der Waals surface area (Å²) >= 11 is 1.19. The van der Waals surface area contributed by atoms with Crippen molar-refractivity contribution in [2.45, 2.75) is 34.1 Å². The number of ether oxygens (including phenoxy) is 1. The number of nitrogens with one attached hydrogen (secondary N) is 3. The van der Waals surface area contributed by atoms with Crippen LogP contribution in [0.2, 0.25) is 0 Å². The van der Waals surface area contributed by atoms with E-state index in [1.807, 2.05) is 19.9 Å². The highest BCUT2D eigenvalue weighted by Gasteiger charge is 2.15. The minimum Gasteiger partial charge on any atom is -0.455 e. The zero-order valence-electron chi connectivity index (χ0n) is 17.2. The monoisotopic (exact) mass is 432 g/mol. The number of benzene rings is 1. The summed E-state index contributed by atoms with van der Waals surface area (Å²) in [5.74, 6) is -1.79. The molecule has 0 aliphatic heterocycles. The molecule has 0 spiro atoms. The molecule has 4 amide bonds. The van der Waals surface area contributed by atoms with Crippen molar-refractivity contribution in [3.63, 3.8) is 0 Å². The van der Waals surface area contributed by atoms with E-state index in [9.17, 15) is 19.2 Å². The molecule has 1 heterocycles. The van der Waals surface area contributed by atoms with E-state index in [4.69, 9.17) is 4.74 Å². The second-order valence-corrected chi connectivity index (χ2v) is 7.78. The lowest BCUT2D eigenvalue weighted by Crippen LogP contribution is -2.37. The molecule has 0 saturated heterocycles. The van der Waals surface area contributed by atoms with Gasteiger partial charge in [0.1, 0.15) is 0 Å². The zero-order valence-corrected chi connectivity index (χ0v) is 18.0. The minimum atomic E-state index is -0.757. The van der Waals surface area contributed by atoms with Crippen molar-refractivity contribution < 1.29 is 23.9 Å². The number of imide groups is 1. The number of carbonyl (C=O) groups excluding carboxylic acids is 4. The average Bonchev–Trinajstić information content (AvgIpc) is 3.09. The Kier molecular flexibility index (Phi) is 8.05. The van der Waals surface area contributed by atoms with Gasteiger partial charge in [-0.05, 0) is 37.1 Å². The summed E-state index contributed by atoms with van der Waals surface area (Å²) in [5, 5.41) is 9.28. The van der Waals surface area contributed by atoms with E-state index < -0.39 is 24.5 Å². The zero-order chi connectivity index (χ0) is 22.3. The number of esters is 1. The van der Waals surface area contributed by atoms with E-state index >= 15 is 0 Å². The molecule has 0 fully saturated rings. The van der Waals surface area contributed by atoms with Crippen LogP contribution >= 0.6 is 11.3 Å². The fraction of sp³-hybridized carbons (Fsp3) is 0.350. The number of anilines is 2. The summed E-state index contributed by atoms with van der Waals surface area (Å²) in [6, 6.07) is 4.64. The van der Waals surface area contributed by atoms with Crippen molar-refractivity contribution in [3.05, 3.63) is 40.4 Å². The maximum atomic E-state index is 11.9. The summed E-state index contributed by atoms with van der Waals surface area (Å²) < 4.78 is 4.87. The molecule has 1 aromatic heterocycles. The normalized spacial score (nSPS) is 10.4. The van der Waals surface area contributed by atoms with E-state index in [0.29, 0.717) is 16.5 Å². The topological polar surface area (TPSA) is 126 Å². The Bertz CT molecular complexity index is 954. The van der Waals surface area contributed by atoms with Crippen molar-refractivity contribution >= 4 is 46.0 Å². The van der Waals surface area contributed by atoms with Gasteiger partial charge in [0.15, 0.2) is 11.7 Å². The molecule has 0 aliphatic rings. The lowest BCUT2D eigenvalue weighted by Gasteiger charge is -2.09. The molecule has 160 valence electrons. The summed E-state index contributed by atoms with van der Waals surface area (Å²) in [4.78, 5) is 51.3. The van der Waals surface area contributed by atoms with Crippen LogP contribution in [0.25, 0.3) is 0 Å². The van der Waals surface area contributed by atoms with Gasteiger partial charge >= 0.3 is 12.0 Å². The van der Waals surface area contributed by atoms with Crippen LogP contribution < -0.4 is 16.0 Å². The van der Waals surface area contributed by atoms with Gasteiger partial charge in [-0.15, -0.1) is 11.3 Å². The van der Waals surface area contributed by atoms with Crippen LogP contribution in [0.4, 0.5) is 15.6 Å². The Morgan fingerprint density at radius 3 is 2.50 bits per heavy atom. The third-order valence-electron chi connectivity index (χ3n) is 4.01. The first kappa shape index (κ1) is 23.0. The number of carbonyl (C=O) groups is 4. The SMILES string of the molecule is Cc1ccc(NC(=O)NC(=O)COC(=O)Cc2csc(NC(=O)C(C)C)n2)cc1C. The lowest BCUT2D eigenvalue weighted by molar-refractivity contribution is -0.147. The van der Waals surface area contributed by atoms with Crippen molar-refractivity contribution in [3.8, 4) is 0 Å². The minimum absolute atomic E-state index is 0.157. The van der Waals surface area contributed by atoms with Gasteiger partial charge in [-0.3, -0.25) is 19.7 Å². The Hall–Kier alpha value is -3.27. The second-order valence-electron chi connectivity index (χ2n) is 6.93. The van der Waals surface area contributed by atoms with Crippen molar-refractivity contribution in [2.24, 2.45) is 5.92 Å². The predicted molar refractivity (Wildman–Crippen MR) is 113 cm³/mol. The third-order valence-corrected chi connectivity index (χ3v) is 4.82. The fourth-order valence-electron chi connectivity index (χ4n) is 2.18. The summed E-state index contributed by atoms with van der Waals surface area (Å²) in [5.41, 5.74) is 3.04. The maximum Gasteiger partial charge on any atom is 0.325 e. The molecular weight excluding hydrogens is 408 g/mol. The van der Waals surface area contributed by atoms with Crippen molar-refractivity contribution in [1.82, 2.24) is 10.3 Å². The van der Waals surface area contributed by atoms with Gasteiger partial charge in [0, 0.05) is 17.0 Å². The molecule has 0 radical (unpaired) electrons. The smallest absolute Gasteiger partial charge is 0.325 e. The largest absolute Gasteiger partial charge is 0.455 e. The first-order valence-electron chi connectivity index (χ1n) is 9.23. The lowest BCUT2D eigenvalue weighted by atomic mass is 10.1. The first-order valence-corrected chi connectivity index (χ1v) is 10.1. The number of thiazole rings is 1. The van der Waals surface area contributed by atoms with Gasteiger partial charge < -0.3 is 15.4 Å². The van der Waals surface area contributed by atoms with Gasteiger partial charge in [-0.25, -0.2) is 9.78 Å². The van der Waals surface area contributed by atoms with Crippen molar-refractivity contribution in [1.29, 1.82) is 0 Å². The number of amides is 4. The fourth-order valence-corrected chi connectivity index (χ4v) is 2.90. The third kappa shape index (κ3) is 7.28. The summed E-state index contributed by atoms with van der Waals surface area (Å²) in [6.45, 7) is 6.78. The van der Waals surface area contributed by atoms with Crippen LogP contribution in [0, 0.1) is 19.8 Å². The van der Waals surface area contributed by atoms with Crippen molar-refractivity contribution in [2.75, 3.05) is 17.2 Å². The molecule has 9 nitrogen and oxygen atoms in total. The Labute approximate surface area is 178 Å². The second kappa shape index (κ2) is 10.5. The summed E-state index contributed by atoms with van der Waals surface area (Å²) in [6.07, 6.45) is -0.157. The number of nitrogens with zero attached hydrogens (tertiary/aromatic N) is 1. The highest BCUT2D eigenvalue weighted by atomic mass is 32.1. The highest BCUT2D eigenvalue weighted by molar-refractivity contribution is 7.13. The number of hydrogen-bond donors (Lipinski definition) is 3. The molecule has 0 aliphatic carbocycles. The standard InChI is InChI=1S/C20H24N4O5S/c1-11(2)18(27)24-20-22-15(10-30-20)8-17(26)29-9-16(25)23-19(28)21-14-6-5-12(3)13(4)7-14/h5-7,10-11H,8-9H2,1-4H3,(H,22,24,27)(H2,21,23,25,28). The van der Waals surface area contributed by atoms with Crippen LogP contribution in [-0.2, 0) is 25.5 Å². The molecule has 0 bridgehead atoms. The van der Waals surface area contributed by atoms with Gasteiger partial charge in [0.2, 0.25) is 5.91 Å². The van der Waals surface area contributed by atoms with Crippen LogP contribution in [-0.4, -0.2) is 35.4 Å². The number of urea groups is 1. The number of hydrogen-bond acceptors (Lipinski definition) is 7. The van der Waals surface area contributed by atoms with Gasteiger partial charge in [0.05, 0.1) is 12.1 Å². The van der Waals surface area contributed by atoms with Gasteiger partial charge in [-0.1, -0.05) is 19.9 Å². The van der Waals surface area contributed by atoms with Gasteiger partial charge in [0.25, 0.3) is 5.91 Å². The molecule has 1 aromatic carbocycles. The molecular formula is C20H24N4O5S. The number of aromatic nitrogens is 1. The Balaban J connectivity index is 1.74. The quantitative estimate of drug-likeness (QED) is 0.578. The van der Waals surface area contributed by atoms with Gasteiger partial charge in [-0.2, -0.15) is 0 Å². The molecule has 2 aromatic rings. The molecule has 2 rings (SSSR count). The van der Waals surface area contributed by atoms with Crippen LogP contribution in [0.5, 0.6) is 0 Å². The first-order chi connectivity index (χ1) is 14.1. The molecule has 30 heavy (non-hydrogen) atoms. The van der Waals surface area contributed by atoms with Crippen LogP contribution in [0.15, 0.2) is 23.6 Å². The van der Waals surface area contributed by atoms with E-state index in [1.54, 1.807) is 31.4 Å². The van der Waals surface area contributed by atoms with E-state index in [1.165, 1.54) is 11.3 Å². The maximum absolute atomic E-state index is 11.9. The molecule has 0 unspecified atom stereocenters. The number of aryl methyl sites for hydroxylation is 2. The molecule has 3 N–H and O–H groups in total. The van der Waals surface area contributed by atoms with Crippen LogP contribution in [0.3, 0.4) is 0 Å². The average molecular weight is 433 g/mol. The van der Waals surface area contributed by atoms with Crippen LogP contribution in [0.1, 0.15) is 30.7 Å². The molecule has 10 heteroatoms. The Morgan fingerprint density at radius 2 is 1.83 bits per heavy atom. The predicted octanol–water partition coefficient (Wildman–Crippen LogP) is 2.79. The molecule has 0 saturated carbocycles. The Morgan fingerprint density at radius 1 is 1.10 bits per heavy atom. The van der Waals surface area contributed by atoms with E-state index in [2.05, 4.69) is 20.9 Å². The molecule has 0 atom stereocenters. The van der Waals surface area contributed by atoms with E-state index in [0.717, 1.165) is 11.1 Å². The number of rotatable bonds is 7. The highest BCUT2D eigenvalue weighted by Crippen LogP contribution is 2.17.